The number of piperazine rings is 1. The summed E-state index contributed by atoms with van der Waals surface area (Å²) in [5.41, 5.74) is 4.30. The molecule has 0 spiro atoms. The van der Waals surface area contributed by atoms with E-state index in [0.717, 1.165) is 55.4 Å². The molecule has 1 aliphatic heterocycles. The Morgan fingerprint density at radius 2 is 1.92 bits per heavy atom. The van der Waals surface area contributed by atoms with Gasteiger partial charge in [-0.15, -0.1) is 0 Å². The zero-order chi connectivity index (χ0) is 18.1. The molecular formula is C18H28N6O. The molecule has 0 bridgehead atoms. The van der Waals surface area contributed by atoms with Crippen molar-refractivity contribution in [2.75, 3.05) is 32.7 Å². The van der Waals surface area contributed by atoms with Gasteiger partial charge in [0.2, 0.25) is 0 Å². The van der Waals surface area contributed by atoms with E-state index in [1.807, 2.05) is 36.5 Å². The van der Waals surface area contributed by atoms with Gasteiger partial charge in [0.05, 0.1) is 11.4 Å². The molecule has 0 saturated carbocycles. The molecular weight excluding hydrogens is 316 g/mol. The van der Waals surface area contributed by atoms with Crippen molar-refractivity contribution in [2.45, 2.75) is 27.7 Å². The normalized spacial score (nSPS) is 16.0. The minimum Gasteiger partial charge on any atom is -0.335 e. The molecule has 25 heavy (non-hydrogen) atoms. The second-order valence-corrected chi connectivity index (χ2v) is 7.32. The fraction of sp³-hybridized carbons (Fsp3) is 0.611. The number of aromatic nitrogens is 4. The summed E-state index contributed by atoms with van der Waals surface area (Å²) in [6.45, 7) is 12.9. The second kappa shape index (κ2) is 7.00. The predicted molar refractivity (Wildman–Crippen MR) is 97.4 cm³/mol. The van der Waals surface area contributed by atoms with E-state index < -0.39 is 0 Å². The van der Waals surface area contributed by atoms with Crippen LogP contribution >= 0.6 is 0 Å². The Labute approximate surface area is 149 Å². The fourth-order valence-corrected chi connectivity index (χ4v) is 3.52. The summed E-state index contributed by atoms with van der Waals surface area (Å²) in [5.74, 6) is 0.686. The van der Waals surface area contributed by atoms with E-state index >= 15 is 0 Å². The molecule has 7 heteroatoms. The van der Waals surface area contributed by atoms with Crippen LogP contribution in [0.4, 0.5) is 0 Å². The monoisotopic (exact) mass is 344 g/mol. The van der Waals surface area contributed by atoms with Crippen molar-refractivity contribution < 1.29 is 4.79 Å². The Hall–Kier alpha value is -2.15. The molecule has 136 valence electrons. The lowest BCUT2D eigenvalue weighted by atomic mass is 10.1. The molecule has 7 nitrogen and oxygen atoms in total. The third kappa shape index (κ3) is 3.61. The lowest BCUT2D eigenvalue weighted by Gasteiger charge is -2.35. The predicted octanol–water partition coefficient (Wildman–Crippen LogP) is 1.84. The third-order valence-corrected chi connectivity index (χ3v) is 4.86. The van der Waals surface area contributed by atoms with E-state index in [2.05, 4.69) is 34.0 Å². The molecule has 2 aromatic heterocycles. The maximum absolute atomic E-state index is 12.8. The lowest BCUT2D eigenvalue weighted by molar-refractivity contribution is 0.0618. The fourth-order valence-electron chi connectivity index (χ4n) is 3.52. The topological polar surface area (TPSA) is 70.1 Å². The number of aryl methyl sites for hydroxylation is 2. The van der Waals surface area contributed by atoms with Gasteiger partial charge in [-0.3, -0.25) is 19.5 Å². The van der Waals surface area contributed by atoms with Crippen molar-refractivity contribution in [3.8, 4) is 11.3 Å². The number of rotatable bonds is 4. The van der Waals surface area contributed by atoms with Crippen molar-refractivity contribution >= 4 is 5.91 Å². The van der Waals surface area contributed by atoms with E-state index in [1.165, 1.54) is 0 Å². The quantitative estimate of drug-likeness (QED) is 0.919. The van der Waals surface area contributed by atoms with Crippen LogP contribution in [0.25, 0.3) is 11.3 Å². The summed E-state index contributed by atoms with van der Waals surface area (Å²) in [4.78, 5) is 17.1. The number of nitrogens with zero attached hydrogens (tertiary/aromatic N) is 5. The van der Waals surface area contributed by atoms with Gasteiger partial charge in [-0.05, 0) is 25.8 Å². The van der Waals surface area contributed by atoms with Crippen LogP contribution in [0.15, 0.2) is 6.07 Å². The first-order valence-electron chi connectivity index (χ1n) is 8.94. The Morgan fingerprint density at radius 3 is 2.48 bits per heavy atom. The molecule has 1 fully saturated rings. The van der Waals surface area contributed by atoms with Gasteiger partial charge in [-0.1, -0.05) is 13.8 Å². The number of carbonyl (C=O) groups is 1. The first-order valence-corrected chi connectivity index (χ1v) is 8.94. The van der Waals surface area contributed by atoms with E-state index in [1.54, 1.807) is 0 Å². The summed E-state index contributed by atoms with van der Waals surface area (Å²) in [5, 5.41) is 11.7. The summed E-state index contributed by atoms with van der Waals surface area (Å²) in [6.07, 6.45) is 0. The maximum atomic E-state index is 12.8. The molecule has 0 aliphatic carbocycles. The number of aromatic amines is 1. The Morgan fingerprint density at radius 1 is 1.24 bits per heavy atom. The minimum absolute atomic E-state index is 0.0298. The Bertz CT molecular complexity index is 752. The highest BCUT2D eigenvalue weighted by Gasteiger charge is 2.24. The van der Waals surface area contributed by atoms with Crippen LogP contribution in [0.3, 0.4) is 0 Å². The number of carbonyl (C=O) groups excluding carboxylic acids is 1. The van der Waals surface area contributed by atoms with Crippen LogP contribution in [0.2, 0.25) is 0 Å². The van der Waals surface area contributed by atoms with Crippen molar-refractivity contribution in [3.05, 3.63) is 23.1 Å². The van der Waals surface area contributed by atoms with Crippen LogP contribution in [0.5, 0.6) is 0 Å². The van der Waals surface area contributed by atoms with Crippen LogP contribution < -0.4 is 0 Å². The smallest absolute Gasteiger partial charge is 0.271 e. The largest absolute Gasteiger partial charge is 0.335 e. The highest BCUT2D eigenvalue weighted by molar-refractivity contribution is 5.93. The minimum atomic E-state index is 0.0298. The molecule has 0 radical (unpaired) electrons. The van der Waals surface area contributed by atoms with Crippen LogP contribution in [0.1, 0.15) is 35.7 Å². The number of hydrogen-bond donors (Lipinski definition) is 1. The van der Waals surface area contributed by atoms with Gasteiger partial charge < -0.3 is 4.90 Å². The van der Waals surface area contributed by atoms with E-state index in [9.17, 15) is 4.79 Å². The average molecular weight is 344 g/mol. The highest BCUT2D eigenvalue weighted by atomic mass is 16.2. The van der Waals surface area contributed by atoms with Gasteiger partial charge in [0.25, 0.3) is 5.91 Å². The van der Waals surface area contributed by atoms with Gasteiger partial charge in [0.15, 0.2) is 0 Å². The standard InChI is InChI=1S/C18H28N6O/c1-12(2)11-23-6-8-24(9-7-23)18(25)16-10-15(19-20-16)17-13(3)21-22(5)14(17)4/h10,12H,6-9,11H2,1-5H3,(H,19,20). The number of amides is 1. The molecule has 0 aromatic carbocycles. The lowest BCUT2D eigenvalue weighted by Crippen LogP contribution is -2.49. The van der Waals surface area contributed by atoms with Gasteiger partial charge in [0.1, 0.15) is 5.69 Å². The second-order valence-electron chi connectivity index (χ2n) is 7.32. The van der Waals surface area contributed by atoms with Crippen molar-refractivity contribution in [3.63, 3.8) is 0 Å². The SMILES string of the molecule is Cc1nn(C)c(C)c1-c1cc(C(=O)N2CCN(CC(C)C)CC2)[nH]n1. The van der Waals surface area contributed by atoms with Crippen molar-refractivity contribution in [1.29, 1.82) is 0 Å². The molecule has 3 rings (SSSR count). The molecule has 2 aromatic rings. The molecule has 1 amide bonds. The number of hydrogen-bond acceptors (Lipinski definition) is 4. The highest BCUT2D eigenvalue weighted by Crippen LogP contribution is 2.25. The Balaban J connectivity index is 1.70. The van der Waals surface area contributed by atoms with E-state index in [4.69, 9.17) is 0 Å². The van der Waals surface area contributed by atoms with Gasteiger partial charge in [0, 0.05) is 51.0 Å². The molecule has 1 aliphatic rings. The zero-order valence-electron chi connectivity index (χ0n) is 15.8. The van der Waals surface area contributed by atoms with Crippen LogP contribution in [-0.2, 0) is 7.05 Å². The third-order valence-electron chi connectivity index (χ3n) is 4.86. The Kier molecular flexibility index (Phi) is 4.94. The number of H-pyrrole nitrogens is 1. The summed E-state index contributed by atoms with van der Waals surface area (Å²) in [7, 11) is 1.92. The average Bonchev–Trinajstić information content (AvgIpc) is 3.12. The summed E-state index contributed by atoms with van der Waals surface area (Å²) < 4.78 is 1.84. The van der Waals surface area contributed by atoms with Gasteiger partial charge in [-0.2, -0.15) is 10.2 Å². The first-order chi connectivity index (χ1) is 11.9. The first kappa shape index (κ1) is 17.7. The van der Waals surface area contributed by atoms with Gasteiger partial charge >= 0.3 is 0 Å². The molecule has 0 atom stereocenters. The zero-order valence-corrected chi connectivity index (χ0v) is 15.8. The van der Waals surface area contributed by atoms with Crippen molar-refractivity contribution in [2.24, 2.45) is 13.0 Å². The van der Waals surface area contributed by atoms with Crippen LogP contribution in [-0.4, -0.2) is 68.4 Å². The maximum Gasteiger partial charge on any atom is 0.271 e. The molecule has 3 heterocycles. The van der Waals surface area contributed by atoms with E-state index in [0.29, 0.717) is 11.6 Å². The molecule has 0 unspecified atom stereocenters. The summed E-state index contributed by atoms with van der Waals surface area (Å²) in [6, 6.07) is 1.85. The van der Waals surface area contributed by atoms with Crippen LogP contribution in [0, 0.1) is 19.8 Å². The molecule has 1 N–H and O–H groups in total. The number of nitrogens with one attached hydrogen (secondary N) is 1. The van der Waals surface area contributed by atoms with Crippen molar-refractivity contribution in [1.82, 2.24) is 29.8 Å². The molecule has 1 saturated heterocycles. The van der Waals surface area contributed by atoms with E-state index in [-0.39, 0.29) is 5.91 Å². The van der Waals surface area contributed by atoms with Gasteiger partial charge in [-0.25, -0.2) is 0 Å². The summed E-state index contributed by atoms with van der Waals surface area (Å²) >= 11 is 0.